The van der Waals surface area contributed by atoms with Crippen LogP contribution in [0.3, 0.4) is 0 Å². The second-order valence-electron chi connectivity index (χ2n) is 5.43. The van der Waals surface area contributed by atoms with E-state index < -0.39 is 0 Å². The fourth-order valence-corrected chi connectivity index (χ4v) is 3.42. The lowest BCUT2D eigenvalue weighted by Gasteiger charge is -2.39. The van der Waals surface area contributed by atoms with Crippen molar-refractivity contribution in [2.45, 2.75) is 57.7 Å². The Morgan fingerprint density at radius 2 is 1.75 bits per heavy atom. The summed E-state index contributed by atoms with van der Waals surface area (Å²) in [6.45, 7) is 3.58. The van der Waals surface area contributed by atoms with E-state index in [1.54, 1.807) is 11.1 Å². The molecule has 1 aromatic carbocycles. The zero-order chi connectivity index (χ0) is 11.0. The smallest absolute Gasteiger partial charge is 0.0242 e. The summed E-state index contributed by atoms with van der Waals surface area (Å²) >= 11 is 0. The van der Waals surface area contributed by atoms with Crippen LogP contribution in [-0.2, 0) is 13.0 Å². The maximum absolute atomic E-state index is 2.75. The van der Waals surface area contributed by atoms with Crippen molar-refractivity contribution in [1.29, 1.82) is 0 Å². The molecular formula is C15H21N. The van der Waals surface area contributed by atoms with Crippen LogP contribution in [-0.4, -0.2) is 17.0 Å². The van der Waals surface area contributed by atoms with Gasteiger partial charge in [-0.3, -0.25) is 4.90 Å². The molecule has 16 heavy (non-hydrogen) atoms. The molecule has 0 spiro atoms. The topological polar surface area (TPSA) is 3.24 Å². The van der Waals surface area contributed by atoms with Crippen molar-refractivity contribution in [3.05, 3.63) is 35.4 Å². The SMILES string of the molecule is CC1Cc2ccccc2CN1C1CCCC1. The van der Waals surface area contributed by atoms with Crippen molar-refractivity contribution in [1.82, 2.24) is 4.90 Å². The Hall–Kier alpha value is -0.820. The van der Waals surface area contributed by atoms with Crippen molar-refractivity contribution in [3.8, 4) is 0 Å². The third kappa shape index (κ3) is 1.78. The largest absolute Gasteiger partial charge is 0.293 e. The number of hydrogen-bond donors (Lipinski definition) is 0. The molecule has 3 rings (SSSR count). The van der Waals surface area contributed by atoms with Gasteiger partial charge in [-0.15, -0.1) is 0 Å². The summed E-state index contributed by atoms with van der Waals surface area (Å²) in [6, 6.07) is 10.6. The summed E-state index contributed by atoms with van der Waals surface area (Å²) in [4.78, 5) is 2.75. The molecule has 1 saturated carbocycles. The molecule has 0 N–H and O–H groups in total. The van der Waals surface area contributed by atoms with Crippen molar-refractivity contribution >= 4 is 0 Å². The van der Waals surface area contributed by atoms with Crippen molar-refractivity contribution in [3.63, 3.8) is 0 Å². The Bertz CT molecular complexity index is 365. The molecule has 86 valence electrons. The molecule has 1 heteroatoms. The summed E-state index contributed by atoms with van der Waals surface area (Å²) < 4.78 is 0. The van der Waals surface area contributed by atoms with Gasteiger partial charge in [0, 0.05) is 18.6 Å². The summed E-state index contributed by atoms with van der Waals surface area (Å²) in [7, 11) is 0. The van der Waals surface area contributed by atoms with Crippen LogP contribution < -0.4 is 0 Å². The van der Waals surface area contributed by atoms with Gasteiger partial charge in [0.05, 0.1) is 0 Å². The molecule has 1 fully saturated rings. The molecular weight excluding hydrogens is 194 g/mol. The predicted molar refractivity (Wildman–Crippen MR) is 67.4 cm³/mol. The van der Waals surface area contributed by atoms with Crippen molar-refractivity contribution in [2.75, 3.05) is 0 Å². The van der Waals surface area contributed by atoms with Gasteiger partial charge in [-0.05, 0) is 37.3 Å². The third-order valence-electron chi connectivity index (χ3n) is 4.35. The first-order valence-electron chi connectivity index (χ1n) is 6.67. The summed E-state index contributed by atoms with van der Waals surface area (Å²) in [5.41, 5.74) is 3.14. The molecule has 0 bridgehead atoms. The van der Waals surface area contributed by atoms with Gasteiger partial charge in [0.25, 0.3) is 0 Å². The van der Waals surface area contributed by atoms with Crippen LogP contribution in [0.25, 0.3) is 0 Å². The molecule has 0 saturated heterocycles. The van der Waals surface area contributed by atoms with E-state index in [1.807, 2.05) is 0 Å². The third-order valence-corrected chi connectivity index (χ3v) is 4.35. The number of hydrogen-bond acceptors (Lipinski definition) is 1. The zero-order valence-corrected chi connectivity index (χ0v) is 10.2. The average molecular weight is 215 g/mol. The van der Waals surface area contributed by atoms with E-state index in [4.69, 9.17) is 0 Å². The zero-order valence-electron chi connectivity index (χ0n) is 10.2. The van der Waals surface area contributed by atoms with Crippen LogP contribution in [0.1, 0.15) is 43.7 Å². The van der Waals surface area contributed by atoms with Gasteiger partial charge in [0.2, 0.25) is 0 Å². The Labute approximate surface area is 98.5 Å². The van der Waals surface area contributed by atoms with Crippen LogP contribution in [0.15, 0.2) is 24.3 Å². The lowest BCUT2D eigenvalue weighted by molar-refractivity contribution is 0.124. The second-order valence-corrected chi connectivity index (χ2v) is 5.43. The van der Waals surface area contributed by atoms with E-state index in [1.165, 1.54) is 38.6 Å². The molecule has 1 unspecified atom stereocenters. The minimum absolute atomic E-state index is 0.734. The quantitative estimate of drug-likeness (QED) is 0.694. The minimum Gasteiger partial charge on any atom is -0.293 e. The number of benzene rings is 1. The number of nitrogens with zero attached hydrogens (tertiary/aromatic N) is 1. The van der Waals surface area contributed by atoms with Gasteiger partial charge in [0.1, 0.15) is 0 Å². The van der Waals surface area contributed by atoms with E-state index in [-0.39, 0.29) is 0 Å². The van der Waals surface area contributed by atoms with Crippen LogP contribution in [0, 0.1) is 0 Å². The van der Waals surface area contributed by atoms with Crippen LogP contribution in [0.2, 0.25) is 0 Å². The Morgan fingerprint density at radius 3 is 2.50 bits per heavy atom. The van der Waals surface area contributed by atoms with E-state index in [9.17, 15) is 0 Å². The summed E-state index contributed by atoms with van der Waals surface area (Å²) in [5, 5.41) is 0. The molecule has 0 amide bonds. The lowest BCUT2D eigenvalue weighted by Crippen LogP contribution is -2.44. The first-order chi connectivity index (χ1) is 7.84. The molecule has 1 atom stereocenters. The predicted octanol–water partition coefficient (Wildman–Crippen LogP) is 3.38. The molecule has 0 radical (unpaired) electrons. The highest BCUT2D eigenvalue weighted by atomic mass is 15.2. The summed E-state index contributed by atoms with van der Waals surface area (Å²) in [5.74, 6) is 0. The van der Waals surface area contributed by atoms with Gasteiger partial charge in [-0.1, -0.05) is 37.1 Å². The Balaban J connectivity index is 1.83. The van der Waals surface area contributed by atoms with E-state index in [0.29, 0.717) is 0 Å². The molecule has 1 aliphatic carbocycles. The van der Waals surface area contributed by atoms with E-state index in [0.717, 1.165) is 12.1 Å². The standard InChI is InChI=1S/C15H21N/c1-12-10-13-6-2-3-7-14(13)11-16(12)15-8-4-5-9-15/h2-3,6-7,12,15H,4-5,8-11H2,1H3. The monoisotopic (exact) mass is 215 g/mol. The Kier molecular flexibility index (Phi) is 2.72. The van der Waals surface area contributed by atoms with Crippen molar-refractivity contribution < 1.29 is 0 Å². The van der Waals surface area contributed by atoms with Gasteiger partial charge in [-0.25, -0.2) is 0 Å². The molecule has 1 heterocycles. The molecule has 1 nitrogen and oxygen atoms in total. The first kappa shape index (κ1) is 10.3. The minimum atomic E-state index is 0.734. The fourth-order valence-electron chi connectivity index (χ4n) is 3.42. The van der Waals surface area contributed by atoms with Gasteiger partial charge < -0.3 is 0 Å². The number of rotatable bonds is 1. The number of fused-ring (bicyclic) bond motifs is 1. The van der Waals surface area contributed by atoms with Crippen molar-refractivity contribution in [2.24, 2.45) is 0 Å². The molecule has 1 aromatic rings. The Morgan fingerprint density at radius 1 is 1.06 bits per heavy atom. The highest BCUT2D eigenvalue weighted by molar-refractivity contribution is 5.30. The molecule has 0 aromatic heterocycles. The van der Waals surface area contributed by atoms with Crippen LogP contribution in [0.4, 0.5) is 0 Å². The normalized spacial score (nSPS) is 26.9. The van der Waals surface area contributed by atoms with Crippen LogP contribution in [0.5, 0.6) is 0 Å². The highest BCUT2D eigenvalue weighted by Crippen LogP contribution is 2.31. The fraction of sp³-hybridized carbons (Fsp3) is 0.600. The van der Waals surface area contributed by atoms with Crippen LogP contribution >= 0.6 is 0 Å². The maximum Gasteiger partial charge on any atom is 0.0242 e. The van der Waals surface area contributed by atoms with Gasteiger partial charge >= 0.3 is 0 Å². The lowest BCUT2D eigenvalue weighted by atomic mass is 9.93. The van der Waals surface area contributed by atoms with E-state index >= 15 is 0 Å². The molecule has 2 aliphatic rings. The summed E-state index contributed by atoms with van der Waals surface area (Å²) in [6.07, 6.45) is 6.97. The molecule has 1 aliphatic heterocycles. The van der Waals surface area contributed by atoms with Gasteiger partial charge in [0.15, 0.2) is 0 Å². The highest BCUT2D eigenvalue weighted by Gasteiger charge is 2.30. The second kappa shape index (κ2) is 4.21. The van der Waals surface area contributed by atoms with E-state index in [2.05, 4.69) is 36.1 Å². The average Bonchev–Trinajstić information content (AvgIpc) is 2.81. The first-order valence-corrected chi connectivity index (χ1v) is 6.67. The van der Waals surface area contributed by atoms with Gasteiger partial charge in [-0.2, -0.15) is 0 Å². The maximum atomic E-state index is 2.75.